The molecule has 2 fully saturated rings. The van der Waals surface area contributed by atoms with Gasteiger partial charge < -0.3 is 14.4 Å². The molecule has 0 spiro atoms. The summed E-state index contributed by atoms with van der Waals surface area (Å²) in [5, 5.41) is 0. The molecule has 3 aromatic rings. The molecule has 9 nitrogen and oxygen atoms in total. The first-order chi connectivity index (χ1) is 18.3. The summed E-state index contributed by atoms with van der Waals surface area (Å²) in [6, 6.07) is 1.86. The number of fused-ring (bicyclic) bond motifs is 1. The summed E-state index contributed by atoms with van der Waals surface area (Å²) in [5.74, 6) is 0.921. The van der Waals surface area contributed by atoms with Gasteiger partial charge in [-0.2, -0.15) is 0 Å². The Morgan fingerprint density at radius 3 is 2.47 bits per heavy atom. The zero-order valence-electron chi connectivity index (χ0n) is 22.7. The molecule has 0 amide bonds. The summed E-state index contributed by atoms with van der Waals surface area (Å²) in [4.78, 5) is 20.7. The number of anilines is 1. The van der Waals surface area contributed by atoms with Crippen LogP contribution in [0, 0.1) is 6.92 Å². The Hall–Kier alpha value is -2.34. The number of pyridine rings is 1. The van der Waals surface area contributed by atoms with Crippen LogP contribution in [0.3, 0.4) is 0 Å². The molecular weight excluding hydrogens is 522 g/mol. The summed E-state index contributed by atoms with van der Waals surface area (Å²) in [6.45, 7) is 6.89. The number of aryl methyl sites for hydroxylation is 1. The Kier molecular flexibility index (Phi) is 8.18. The molecule has 3 aromatic heterocycles. The molecule has 0 N–H and O–H groups in total. The Morgan fingerprint density at radius 1 is 1.08 bits per heavy atom. The van der Waals surface area contributed by atoms with E-state index in [9.17, 15) is 8.42 Å². The number of ether oxygens (including phenoxy) is 2. The Morgan fingerprint density at radius 2 is 1.82 bits per heavy atom. The maximum Gasteiger partial charge on any atom is 0.226 e. The van der Waals surface area contributed by atoms with Gasteiger partial charge in [-0.05, 0) is 45.1 Å². The summed E-state index contributed by atoms with van der Waals surface area (Å²) < 4.78 is 36.2. The van der Waals surface area contributed by atoms with Crippen molar-refractivity contribution in [2.75, 3.05) is 51.6 Å². The zero-order valence-corrected chi connectivity index (χ0v) is 24.3. The normalized spacial score (nSPS) is 17.8. The van der Waals surface area contributed by atoms with Crippen molar-refractivity contribution in [3.63, 3.8) is 0 Å². The molecule has 2 saturated heterocycles. The fourth-order valence-corrected chi connectivity index (χ4v) is 7.35. The summed E-state index contributed by atoms with van der Waals surface area (Å²) >= 11 is 1.71. The fraction of sp³-hybridized carbons (Fsp3) is 0.593. The van der Waals surface area contributed by atoms with Crippen LogP contribution in [0.5, 0.6) is 5.88 Å². The van der Waals surface area contributed by atoms with Gasteiger partial charge in [0.2, 0.25) is 11.8 Å². The topological polar surface area (TPSA) is 97.8 Å². The molecule has 2 aliphatic heterocycles. The molecule has 5 rings (SSSR count). The fourth-order valence-electron chi connectivity index (χ4n) is 5.46. The van der Waals surface area contributed by atoms with Gasteiger partial charge in [0.1, 0.15) is 0 Å². The van der Waals surface area contributed by atoms with Crippen molar-refractivity contribution in [3.05, 3.63) is 28.3 Å². The molecule has 0 aromatic carbocycles. The van der Waals surface area contributed by atoms with Gasteiger partial charge in [-0.1, -0.05) is 0 Å². The first-order valence-corrected chi connectivity index (χ1v) is 16.1. The third-order valence-electron chi connectivity index (χ3n) is 7.52. The number of methoxy groups -OCH3 is 2. The molecule has 0 atom stereocenters. The summed E-state index contributed by atoms with van der Waals surface area (Å²) in [6.07, 6.45) is 8.86. The molecule has 0 aliphatic carbocycles. The Balaban J connectivity index is 1.61. The highest BCUT2D eigenvalue weighted by Crippen LogP contribution is 2.39. The summed E-state index contributed by atoms with van der Waals surface area (Å²) in [5.41, 5.74) is 4.36. The van der Waals surface area contributed by atoms with Crippen molar-refractivity contribution in [3.8, 4) is 17.1 Å². The van der Waals surface area contributed by atoms with E-state index >= 15 is 0 Å². The van der Waals surface area contributed by atoms with Gasteiger partial charge in [-0.3, -0.25) is 4.90 Å². The number of sulfone groups is 1. The molecule has 0 unspecified atom stereocenters. The second kappa shape index (κ2) is 11.4. The number of likely N-dealkylation sites (tertiary alicyclic amines) is 1. The molecule has 0 bridgehead atoms. The van der Waals surface area contributed by atoms with Crippen molar-refractivity contribution in [2.24, 2.45) is 0 Å². The second-order valence-electron chi connectivity index (χ2n) is 10.4. The molecule has 0 saturated carbocycles. The molecule has 11 heteroatoms. The van der Waals surface area contributed by atoms with E-state index in [4.69, 9.17) is 19.4 Å². The SMILES string of the molecule is COc1ncc(-c2nc(N3CCCCC3)nc3c(CN4CCC(OC)CC4)c(C)sc23)cc1CS(C)(=O)=O. The maximum absolute atomic E-state index is 12.1. The van der Waals surface area contributed by atoms with Crippen molar-refractivity contribution >= 4 is 37.3 Å². The minimum Gasteiger partial charge on any atom is -0.481 e. The summed E-state index contributed by atoms with van der Waals surface area (Å²) in [7, 11) is 0.0335. The monoisotopic (exact) mass is 559 g/mol. The van der Waals surface area contributed by atoms with E-state index < -0.39 is 9.84 Å². The maximum atomic E-state index is 12.1. The lowest BCUT2D eigenvalue weighted by Gasteiger charge is -2.31. The van der Waals surface area contributed by atoms with E-state index in [-0.39, 0.29) is 5.75 Å². The van der Waals surface area contributed by atoms with E-state index in [1.54, 1.807) is 24.6 Å². The quantitative estimate of drug-likeness (QED) is 0.402. The molecule has 2 aliphatic rings. The number of hydrogen-bond acceptors (Lipinski definition) is 10. The number of rotatable bonds is 8. The average molecular weight is 560 g/mol. The number of aromatic nitrogens is 3. The Labute approximate surface area is 229 Å². The van der Waals surface area contributed by atoms with Crippen molar-refractivity contribution in [1.82, 2.24) is 19.9 Å². The Bertz CT molecular complexity index is 1390. The highest BCUT2D eigenvalue weighted by Gasteiger charge is 2.25. The van der Waals surface area contributed by atoms with Crippen LogP contribution >= 0.6 is 11.3 Å². The van der Waals surface area contributed by atoms with Crippen molar-refractivity contribution in [2.45, 2.75) is 57.4 Å². The second-order valence-corrected chi connectivity index (χ2v) is 13.8. The van der Waals surface area contributed by atoms with Crippen LogP contribution in [0.4, 0.5) is 5.95 Å². The first-order valence-electron chi connectivity index (χ1n) is 13.3. The lowest BCUT2D eigenvalue weighted by atomic mass is 10.1. The lowest BCUT2D eigenvalue weighted by molar-refractivity contribution is 0.0389. The number of nitrogens with zero attached hydrogens (tertiary/aromatic N) is 5. The van der Waals surface area contributed by atoms with Crippen molar-refractivity contribution < 1.29 is 17.9 Å². The van der Waals surface area contributed by atoms with Gasteiger partial charge in [0.15, 0.2) is 9.84 Å². The van der Waals surface area contributed by atoms with Gasteiger partial charge in [-0.25, -0.2) is 23.4 Å². The molecular formula is C27H37N5O4S2. The van der Waals surface area contributed by atoms with E-state index in [0.717, 1.165) is 85.8 Å². The van der Waals surface area contributed by atoms with Crippen LogP contribution in [-0.2, 0) is 26.9 Å². The van der Waals surface area contributed by atoms with E-state index in [1.807, 2.05) is 6.07 Å². The third kappa shape index (κ3) is 5.95. The third-order valence-corrected chi connectivity index (χ3v) is 9.50. The van der Waals surface area contributed by atoms with E-state index in [1.165, 1.54) is 30.2 Å². The first kappa shape index (κ1) is 27.2. The van der Waals surface area contributed by atoms with Gasteiger partial charge in [0, 0.05) is 73.9 Å². The van der Waals surface area contributed by atoms with Gasteiger partial charge >= 0.3 is 0 Å². The van der Waals surface area contributed by atoms with Gasteiger partial charge in [0.25, 0.3) is 0 Å². The predicted molar refractivity (Wildman–Crippen MR) is 152 cm³/mol. The average Bonchev–Trinajstić information content (AvgIpc) is 3.22. The van der Waals surface area contributed by atoms with E-state index in [2.05, 4.69) is 21.7 Å². The lowest BCUT2D eigenvalue weighted by Crippen LogP contribution is -2.36. The molecule has 206 valence electrons. The smallest absolute Gasteiger partial charge is 0.226 e. The van der Waals surface area contributed by atoms with Crippen LogP contribution in [-0.4, -0.2) is 81.0 Å². The largest absolute Gasteiger partial charge is 0.481 e. The van der Waals surface area contributed by atoms with Crippen LogP contribution < -0.4 is 9.64 Å². The molecule has 5 heterocycles. The van der Waals surface area contributed by atoms with Crippen LogP contribution in [0.2, 0.25) is 0 Å². The molecule has 0 radical (unpaired) electrons. The van der Waals surface area contributed by atoms with Crippen LogP contribution in [0.25, 0.3) is 21.5 Å². The highest BCUT2D eigenvalue weighted by atomic mass is 32.2. The van der Waals surface area contributed by atoms with Crippen molar-refractivity contribution in [1.29, 1.82) is 0 Å². The number of piperidine rings is 2. The van der Waals surface area contributed by atoms with Crippen LogP contribution in [0.1, 0.15) is 48.1 Å². The number of hydrogen-bond donors (Lipinski definition) is 0. The minimum atomic E-state index is -3.27. The number of thiophene rings is 1. The standard InChI is InChI=1S/C27H37N5O4S2/c1-18-22(16-31-12-8-21(35-2)9-13-31)24-25(37-18)23(29-27(30-24)32-10-6-5-7-11-32)19-14-20(17-38(4,33)34)26(36-3)28-15-19/h14-15,21H,5-13,16-17H2,1-4H3. The van der Waals surface area contributed by atoms with Crippen LogP contribution in [0.15, 0.2) is 12.3 Å². The zero-order chi connectivity index (χ0) is 26.9. The van der Waals surface area contributed by atoms with Gasteiger partial charge in [0.05, 0.1) is 34.9 Å². The highest BCUT2D eigenvalue weighted by molar-refractivity contribution is 7.89. The predicted octanol–water partition coefficient (Wildman–Crippen LogP) is 4.22. The molecule has 38 heavy (non-hydrogen) atoms. The van der Waals surface area contributed by atoms with Gasteiger partial charge in [-0.15, -0.1) is 11.3 Å². The van der Waals surface area contributed by atoms with E-state index in [0.29, 0.717) is 17.5 Å². The minimum absolute atomic E-state index is 0.142.